The molecule has 0 atom stereocenters. The van der Waals surface area contributed by atoms with E-state index in [1.165, 1.54) is 52.6 Å². The van der Waals surface area contributed by atoms with Gasteiger partial charge in [0.1, 0.15) is 17.0 Å². The Morgan fingerprint density at radius 1 is 1.02 bits per heavy atom. The number of hydrogen-bond donors (Lipinski definition) is 1. The number of carbonyl (C=O) groups is 2. The summed E-state index contributed by atoms with van der Waals surface area (Å²) < 4.78 is 35.9. The Morgan fingerprint density at radius 3 is 2.42 bits per heavy atom. The molecule has 2 fully saturated rings. The van der Waals surface area contributed by atoms with E-state index in [4.69, 9.17) is 10.5 Å². The van der Waals surface area contributed by atoms with Gasteiger partial charge in [-0.1, -0.05) is 11.8 Å². The highest BCUT2D eigenvalue weighted by Crippen LogP contribution is 2.49. The summed E-state index contributed by atoms with van der Waals surface area (Å²) in [7, 11) is 2.12. The van der Waals surface area contributed by atoms with Gasteiger partial charge in [-0.3, -0.25) is 24.4 Å². The molecule has 2 aromatic heterocycles. The smallest absolute Gasteiger partial charge is 0.247 e. The molecule has 6 rings (SSSR count). The number of likely N-dealkylation sites (N-methyl/N-ethyl adjacent to an activating group) is 1. The van der Waals surface area contributed by atoms with Crippen LogP contribution >= 0.6 is 11.3 Å². The Morgan fingerprint density at radius 2 is 1.74 bits per heavy atom. The van der Waals surface area contributed by atoms with Crippen molar-refractivity contribution >= 4 is 44.7 Å². The van der Waals surface area contributed by atoms with E-state index in [0.717, 1.165) is 41.8 Å². The number of anilines is 2. The van der Waals surface area contributed by atoms with Crippen LogP contribution in [-0.4, -0.2) is 66.4 Å². The molecular weight excluding hydrogens is 572 g/mol. The average Bonchev–Trinajstić information content (AvgIpc) is 3.71. The SMILES string of the molecule is CN1CCN(CC#Cc2cc3nccc(Oc4ccc(N(C(=O)C5(C(N)=O)CC5)c5ccc(F)cc5)cc4F)c3s2)CC1. The van der Waals surface area contributed by atoms with Crippen LogP contribution in [0.15, 0.2) is 60.8 Å². The monoisotopic (exact) mass is 601 g/mol. The molecule has 0 spiro atoms. The van der Waals surface area contributed by atoms with Crippen LogP contribution in [0.5, 0.6) is 11.5 Å². The molecule has 2 aliphatic rings. The lowest BCUT2D eigenvalue weighted by atomic mass is 10.0. The summed E-state index contributed by atoms with van der Waals surface area (Å²) in [5, 5.41) is 0. The van der Waals surface area contributed by atoms with Crippen molar-refractivity contribution in [3.63, 3.8) is 0 Å². The molecule has 43 heavy (non-hydrogen) atoms. The zero-order valence-corrected chi connectivity index (χ0v) is 24.3. The third-order valence-electron chi connectivity index (χ3n) is 7.80. The van der Waals surface area contributed by atoms with Gasteiger partial charge in [0.15, 0.2) is 11.6 Å². The molecule has 0 radical (unpaired) electrons. The predicted octanol–water partition coefficient (Wildman–Crippen LogP) is 4.90. The fraction of sp³-hybridized carbons (Fsp3) is 0.281. The number of hydrogen-bond acceptors (Lipinski definition) is 7. The van der Waals surface area contributed by atoms with Crippen LogP contribution in [0.25, 0.3) is 10.2 Å². The number of halogens is 2. The number of benzene rings is 2. The molecule has 4 aromatic rings. The second-order valence-electron chi connectivity index (χ2n) is 10.8. The van der Waals surface area contributed by atoms with Gasteiger partial charge in [0.25, 0.3) is 0 Å². The number of carbonyl (C=O) groups excluding carboxylic acids is 2. The predicted molar refractivity (Wildman–Crippen MR) is 161 cm³/mol. The first-order valence-electron chi connectivity index (χ1n) is 13.9. The number of aromatic nitrogens is 1. The Kier molecular flexibility index (Phi) is 7.83. The van der Waals surface area contributed by atoms with E-state index in [0.29, 0.717) is 30.7 Å². The van der Waals surface area contributed by atoms with Crippen molar-refractivity contribution < 1.29 is 23.1 Å². The molecule has 2 aromatic carbocycles. The van der Waals surface area contributed by atoms with Gasteiger partial charge in [0.2, 0.25) is 11.8 Å². The second kappa shape index (κ2) is 11.7. The van der Waals surface area contributed by atoms with E-state index in [1.54, 1.807) is 12.3 Å². The molecule has 0 unspecified atom stereocenters. The first-order valence-corrected chi connectivity index (χ1v) is 14.7. The van der Waals surface area contributed by atoms with E-state index in [-0.39, 0.29) is 17.1 Å². The van der Waals surface area contributed by atoms with Gasteiger partial charge >= 0.3 is 0 Å². The van der Waals surface area contributed by atoms with Gasteiger partial charge in [-0.15, -0.1) is 11.3 Å². The van der Waals surface area contributed by atoms with E-state index in [9.17, 15) is 14.0 Å². The summed E-state index contributed by atoms with van der Waals surface area (Å²) >= 11 is 1.42. The molecule has 11 heteroatoms. The number of primary amides is 1. The lowest BCUT2D eigenvalue weighted by molar-refractivity contribution is -0.133. The number of piperazine rings is 1. The van der Waals surface area contributed by atoms with E-state index in [1.807, 2.05) is 6.07 Å². The normalized spacial score (nSPS) is 16.3. The van der Waals surface area contributed by atoms with Crippen molar-refractivity contribution in [2.24, 2.45) is 11.1 Å². The summed E-state index contributed by atoms with van der Waals surface area (Å²) in [6.07, 6.45) is 2.18. The van der Waals surface area contributed by atoms with Gasteiger partial charge in [-0.2, -0.15) is 0 Å². The van der Waals surface area contributed by atoms with Crippen LogP contribution in [0, 0.1) is 28.9 Å². The standard InChI is InChI=1S/C32H29F2N5O3S/c1-37-15-17-38(18-16-37)14-2-3-24-20-26-29(43-24)28(10-13-36-26)42-27-9-8-23(19-25(27)34)39(22-6-4-21(33)5-7-22)31(41)32(11-12-32)30(35)40/h4-10,13,19-20H,11-12,14-18H2,1H3,(H2,35,40). The fourth-order valence-corrected chi connectivity index (χ4v) is 5.95. The highest BCUT2D eigenvalue weighted by molar-refractivity contribution is 7.19. The molecular formula is C32H29F2N5O3S. The van der Waals surface area contributed by atoms with Gasteiger partial charge in [0.05, 0.1) is 27.3 Å². The quantitative estimate of drug-likeness (QED) is 0.240. The number of ether oxygens (including phenoxy) is 1. The first-order chi connectivity index (χ1) is 20.7. The molecule has 8 nitrogen and oxygen atoms in total. The van der Waals surface area contributed by atoms with Crippen molar-refractivity contribution in [1.29, 1.82) is 0 Å². The van der Waals surface area contributed by atoms with Crippen LogP contribution in [0.3, 0.4) is 0 Å². The Labute approximate surface area is 251 Å². The molecule has 2 amide bonds. The zero-order valence-electron chi connectivity index (χ0n) is 23.5. The molecule has 1 aliphatic heterocycles. The third kappa shape index (κ3) is 5.95. The number of fused-ring (bicyclic) bond motifs is 1. The summed E-state index contributed by atoms with van der Waals surface area (Å²) in [4.78, 5) is 36.7. The molecule has 1 saturated heterocycles. The summed E-state index contributed by atoms with van der Waals surface area (Å²) in [5.41, 5.74) is 5.31. The molecule has 2 N–H and O–H groups in total. The van der Waals surface area contributed by atoms with E-state index < -0.39 is 28.9 Å². The maximum atomic E-state index is 15.5. The minimum atomic E-state index is -1.37. The highest BCUT2D eigenvalue weighted by atomic mass is 32.1. The minimum Gasteiger partial charge on any atom is -0.453 e. The van der Waals surface area contributed by atoms with Gasteiger partial charge in [0, 0.05) is 50.2 Å². The van der Waals surface area contributed by atoms with Crippen LogP contribution in [-0.2, 0) is 9.59 Å². The fourth-order valence-electron chi connectivity index (χ4n) is 5.01. The maximum absolute atomic E-state index is 15.5. The maximum Gasteiger partial charge on any atom is 0.247 e. The number of nitrogens with zero attached hydrogens (tertiary/aromatic N) is 4. The lowest BCUT2D eigenvalue weighted by Gasteiger charge is -2.30. The van der Waals surface area contributed by atoms with E-state index in [2.05, 4.69) is 33.7 Å². The van der Waals surface area contributed by atoms with Crippen LogP contribution in [0.4, 0.5) is 20.2 Å². The number of rotatable bonds is 7. The van der Waals surface area contributed by atoms with Crippen molar-refractivity contribution in [1.82, 2.24) is 14.8 Å². The molecule has 1 saturated carbocycles. The molecule has 220 valence electrons. The van der Waals surface area contributed by atoms with Gasteiger partial charge in [-0.25, -0.2) is 8.78 Å². The Hall–Kier alpha value is -4.37. The summed E-state index contributed by atoms with van der Waals surface area (Å²) in [6, 6.07) is 12.8. The lowest BCUT2D eigenvalue weighted by Crippen LogP contribution is -2.44. The number of nitrogens with two attached hydrogens (primary N) is 1. The van der Waals surface area contributed by atoms with Crippen molar-refractivity contribution in [3.05, 3.63) is 77.3 Å². The number of amides is 2. The first kappa shape index (κ1) is 28.7. The van der Waals surface area contributed by atoms with Crippen LogP contribution < -0.4 is 15.4 Å². The molecule has 0 bridgehead atoms. The topological polar surface area (TPSA) is 92.0 Å². The molecule has 1 aliphatic carbocycles. The number of pyridine rings is 1. The van der Waals surface area contributed by atoms with E-state index >= 15 is 4.39 Å². The van der Waals surface area contributed by atoms with Crippen molar-refractivity contribution in [3.8, 4) is 23.3 Å². The van der Waals surface area contributed by atoms with Gasteiger partial charge < -0.3 is 15.4 Å². The van der Waals surface area contributed by atoms with Crippen molar-refractivity contribution in [2.45, 2.75) is 12.8 Å². The summed E-state index contributed by atoms with van der Waals surface area (Å²) in [6.45, 7) is 4.73. The Balaban J connectivity index is 1.24. The van der Waals surface area contributed by atoms with Crippen molar-refractivity contribution in [2.75, 3.05) is 44.7 Å². The van der Waals surface area contributed by atoms with Crippen LogP contribution in [0.1, 0.15) is 17.7 Å². The Bertz CT molecular complexity index is 1750. The average molecular weight is 602 g/mol. The minimum absolute atomic E-state index is 0.0603. The van der Waals surface area contributed by atoms with Crippen LogP contribution in [0.2, 0.25) is 0 Å². The number of thiophene rings is 1. The highest BCUT2D eigenvalue weighted by Gasteiger charge is 2.57. The zero-order chi connectivity index (χ0) is 30.1. The summed E-state index contributed by atoms with van der Waals surface area (Å²) in [5.74, 6) is 4.27. The largest absolute Gasteiger partial charge is 0.453 e. The molecule has 3 heterocycles. The second-order valence-corrected chi connectivity index (χ2v) is 11.8. The third-order valence-corrected chi connectivity index (χ3v) is 8.85. The van der Waals surface area contributed by atoms with Gasteiger partial charge in [-0.05, 0) is 62.4 Å².